The molecule has 1 rings (SSSR count). The van der Waals surface area contributed by atoms with Crippen LogP contribution in [0.4, 0.5) is 0 Å². The van der Waals surface area contributed by atoms with E-state index >= 15 is 0 Å². The van der Waals surface area contributed by atoms with E-state index in [-0.39, 0.29) is 16.0 Å². The first-order chi connectivity index (χ1) is 9.86. The van der Waals surface area contributed by atoms with Crippen LogP contribution in [0.25, 0.3) is 0 Å². The summed E-state index contributed by atoms with van der Waals surface area (Å²) < 4.78 is 5.01. The Kier molecular flexibility index (Phi) is 6.78. The molecule has 0 saturated heterocycles. The Balaban J connectivity index is 2.55. The number of aliphatic carboxylic acids is 1. The van der Waals surface area contributed by atoms with Gasteiger partial charge in [0.25, 0.3) is 5.91 Å². The maximum atomic E-state index is 11.9. The van der Waals surface area contributed by atoms with Gasteiger partial charge in [-0.05, 0) is 25.0 Å². The Hall–Kier alpha value is -1.46. The summed E-state index contributed by atoms with van der Waals surface area (Å²) in [5.74, 6) is -1.25. The van der Waals surface area contributed by atoms with Gasteiger partial charge in [-0.1, -0.05) is 30.1 Å². The highest BCUT2D eigenvalue weighted by molar-refractivity contribution is 6.37. The quantitative estimate of drug-likeness (QED) is 0.751. The first kappa shape index (κ1) is 17.6. The van der Waals surface area contributed by atoms with Crippen LogP contribution in [-0.2, 0) is 4.79 Å². The van der Waals surface area contributed by atoms with Crippen molar-refractivity contribution in [2.45, 2.75) is 19.8 Å². The van der Waals surface area contributed by atoms with Gasteiger partial charge in [0.15, 0.2) is 5.75 Å². The van der Waals surface area contributed by atoms with Crippen LogP contribution < -0.4 is 10.1 Å². The van der Waals surface area contributed by atoms with Crippen molar-refractivity contribution in [1.29, 1.82) is 0 Å². The van der Waals surface area contributed by atoms with E-state index < -0.39 is 11.9 Å². The molecule has 0 saturated carbocycles. The molecule has 7 heteroatoms. The molecule has 0 radical (unpaired) electrons. The Morgan fingerprint density at radius 1 is 1.33 bits per heavy atom. The number of ether oxygens (including phenoxy) is 1. The summed E-state index contributed by atoms with van der Waals surface area (Å²) in [5.41, 5.74) is 0.331. The van der Waals surface area contributed by atoms with Gasteiger partial charge < -0.3 is 15.2 Å². The van der Waals surface area contributed by atoms with Gasteiger partial charge in [-0.2, -0.15) is 0 Å². The van der Waals surface area contributed by atoms with Crippen molar-refractivity contribution in [1.82, 2.24) is 5.32 Å². The molecule has 0 fully saturated rings. The van der Waals surface area contributed by atoms with Gasteiger partial charge in [0.2, 0.25) is 0 Å². The van der Waals surface area contributed by atoms with Crippen LogP contribution in [0.5, 0.6) is 5.75 Å². The van der Waals surface area contributed by atoms with Crippen molar-refractivity contribution in [2.24, 2.45) is 5.92 Å². The van der Waals surface area contributed by atoms with Crippen molar-refractivity contribution < 1.29 is 19.4 Å². The van der Waals surface area contributed by atoms with Crippen molar-refractivity contribution in [3.63, 3.8) is 0 Å². The molecule has 5 nitrogen and oxygen atoms in total. The average Bonchev–Trinajstić information content (AvgIpc) is 2.42. The molecule has 0 aliphatic carbocycles. The van der Waals surface area contributed by atoms with Gasteiger partial charge in [-0.3, -0.25) is 9.59 Å². The lowest BCUT2D eigenvalue weighted by molar-refractivity contribution is -0.141. The number of nitrogens with one attached hydrogen (secondary N) is 1. The number of halogens is 2. The van der Waals surface area contributed by atoms with Gasteiger partial charge in [0.05, 0.1) is 23.1 Å². The predicted molar refractivity (Wildman–Crippen MR) is 81.4 cm³/mol. The molecule has 1 unspecified atom stereocenters. The molecular weight excluding hydrogens is 317 g/mol. The molecule has 1 aromatic rings. The molecule has 0 heterocycles. The number of rotatable bonds is 7. The fraction of sp³-hybridized carbons (Fsp3) is 0.429. The molecule has 1 aromatic carbocycles. The first-order valence-electron chi connectivity index (χ1n) is 6.40. The fourth-order valence-corrected chi connectivity index (χ4v) is 2.36. The van der Waals surface area contributed by atoms with E-state index in [2.05, 4.69) is 5.32 Å². The van der Waals surface area contributed by atoms with Crippen LogP contribution >= 0.6 is 23.2 Å². The van der Waals surface area contributed by atoms with Crippen molar-refractivity contribution in [3.8, 4) is 5.75 Å². The predicted octanol–water partition coefficient (Wildman–Crippen LogP) is 3.23. The zero-order chi connectivity index (χ0) is 16.0. The molecule has 0 aromatic heterocycles. The van der Waals surface area contributed by atoms with E-state index in [1.165, 1.54) is 19.2 Å². The lowest BCUT2D eigenvalue weighted by Gasteiger charge is -2.10. The summed E-state index contributed by atoms with van der Waals surface area (Å²) >= 11 is 11.9. The van der Waals surface area contributed by atoms with Gasteiger partial charge in [-0.25, -0.2) is 0 Å². The van der Waals surface area contributed by atoms with Crippen molar-refractivity contribution in [3.05, 3.63) is 27.7 Å². The summed E-state index contributed by atoms with van der Waals surface area (Å²) in [6.07, 6.45) is 1.08. The van der Waals surface area contributed by atoms with Crippen LogP contribution in [-0.4, -0.2) is 30.6 Å². The summed E-state index contributed by atoms with van der Waals surface area (Å²) in [7, 11) is 1.44. The normalized spacial score (nSPS) is 11.8. The minimum atomic E-state index is -0.838. The number of carbonyl (C=O) groups excluding carboxylic acids is 1. The van der Waals surface area contributed by atoms with Crippen LogP contribution in [0.15, 0.2) is 12.1 Å². The summed E-state index contributed by atoms with van der Waals surface area (Å²) in [6.45, 7) is 2.02. The summed E-state index contributed by atoms with van der Waals surface area (Å²) in [5, 5.41) is 12.0. The lowest BCUT2D eigenvalue weighted by atomic mass is 10.1. The van der Waals surface area contributed by atoms with Crippen LogP contribution in [0.3, 0.4) is 0 Å². The topological polar surface area (TPSA) is 75.6 Å². The third kappa shape index (κ3) is 5.10. The number of methoxy groups -OCH3 is 1. The number of carbonyl (C=O) groups is 2. The van der Waals surface area contributed by atoms with Gasteiger partial charge in [-0.15, -0.1) is 0 Å². The molecule has 0 bridgehead atoms. The largest absolute Gasteiger partial charge is 0.494 e. The van der Waals surface area contributed by atoms with Crippen LogP contribution in [0.1, 0.15) is 30.1 Å². The molecule has 1 amide bonds. The van der Waals surface area contributed by atoms with E-state index in [4.69, 9.17) is 33.0 Å². The van der Waals surface area contributed by atoms with E-state index in [9.17, 15) is 9.59 Å². The molecule has 0 aliphatic heterocycles. The van der Waals surface area contributed by atoms with Gasteiger partial charge in [0.1, 0.15) is 0 Å². The zero-order valence-corrected chi connectivity index (χ0v) is 13.3. The molecule has 0 spiro atoms. The number of carboxylic acids is 1. The van der Waals surface area contributed by atoms with Crippen molar-refractivity contribution >= 4 is 35.1 Å². The molecule has 0 aliphatic rings. The third-order valence-corrected chi connectivity index (χ3v) is 3.55. The minimum Gasteiger partial charge on any atom is -0.494 e. The maximum absolute atomic E-state index is 11.9. The summed E-state index contributed by atoms with van der Waals surface area (Å²) in [4.78, 5) is 22.6. The SMILES string of the molecule is COc1c(Cl)cc(C(=O)NCCCC(C)C(=O)O)cc1Cl. The number of amides is 1. The zero-order valence-electron chi connectivity index (χ0n) is 11.8. The summed E-state index contributed by atoms with van der Waals surface area (Å²) in [6, 6.07) is 2.95. The molecule has 21 heavy (non-hydrogen) atoms. The fourth-order valence-electron chi connectivity index (χ4n) is 1.72. The van der Waals surface area contributed by atoms with Crippen LogP contribution in [0.2, 0.25) is 10.0 Å². The van der Waals surface area contributed by atoms with E-state index in [1.807, 2.05) is 0 Å². The van der Waals surface area contributed by atoms with E-state index in [0.717, 1.165) is 0 Å². The second-order valence-corrected chi connectivity index (χ2v) is 5.42. The Labute approximate surface area is 133 Å². The Bertz CT molecular complexity index is 511. The number of hydrogen-bond acceptors (Lipinski definition) is 3. The van der Waals surface area contributed by atoms with Crippen molar-refractivity contribution in [2.75, 3.05) is 13.7 Å². The second kappa shape index (κ2) is 8.10. The standard InChI is InChI=1S/C14H17Cl2NO4/c1-8(14(19)20)4-3-5-17-13(18)9-6-10(15)12(21-2)11(16)7-9/h6-8H,3-5H2,1-2H3,(H,17,18)(H,19,20). The molecular formula is C14H17Cl2NO4. The monoisotopic (exact) mass is 333 g/mol. The Morgan fingerprint density at radius 2 is 1.90 bits per heavy atom. The molecule has 116 valence electrons. The number of hydrogen-bond donors (Lipinski definition) is 2. The lowest BCUT2D eigenvalue weighted by Crippen LogP contribution is -2.25. The second-order valence-electron chi connectivity index (χ2n) is 4.61. The van der Waals surface area contributed by atoms with Crippen LogP contribution in [0, 0.1) is 5.92 Å². The minimum absolute atomic E-state index is 0.259. The highest BCUT2D eigenvalue weighted by Gasteiger charge is 2.14. The maximum Gasteiger partial charge on any atom is 0.306 e. The first-order valence-corrected chi connectivity index (χ1v) is 7.16. The van der Waals surface area contributed by atoms with E-state index in [1.54, 1.807) is 6.92 Å². The smallest absolute Gasteiger partial charge is 0.306 e. The molecule has 1 atom stereocenters. The average molecular weight is 334 g/mol. The van der Waals surface area contributed by atoms with Gasteiger partial charge in [0, 0.05) is 12.1 Å². The third-order valence-electron chi connectivity index (χ3n) is 2.99. The molecule has 2 N–H and O–H groups in total. The highest BCUT2D eigenvalue weighted by Crippen LogP contribution is 2.33. The van der Waals surface area contributed by atoms with E-state index in [0.29, 0.717) is 30.7 Å². The number of carboxylic acid groups (broad SMARTS) is 1. The number of benzene rings is 1. The Morgan fingerprint density at radius 3 is 2.38 bits per heavy atom. The highest BCUT2D eigenvalue weighted by atomic mass is 35.5. The van der Waals surface area contributed by atoms with Gasteiger partial charge >= 0.3 is 5.97 Å².